The number of amides is 2. The summed E-state index contributed by atoms with van der Waals surface area (Å²) in [6.45, 7) is 4.00. The van der Waals surface area contributed by atoms with Gasteiger partial charge in [0.25, 0.3) is 5.91 Å². The van der Waals surface area contributed by atoms with E-state index in [-0.39, 0.29) is 24.1 Å². The predicted molar refractivity (Wildman–Crippen MR) is 184 cm³/mol. The molecule has 0 spiro atoms. The lowest BCUT2D eigenvalue weighted by molar-refractivity contribution is -0.115. The Balaban J connectivity index is 0.997. The third kappa shape index (κ3) is 7.48. The number of ether oxygens (including phenoxy) is 1. The molecule has 0 bridgehead atoms. The van der Waals surface area contributed by atoms with Crippen molar-refractivity contribution in [1.82, 2.24) is 19.5 Å². The zero-order chi connectivity index (χ0) is 33.0. The molecule has 1 aliphatic heterocycles. The largest absolute Gasteiger partial charge is 0.492 e. The Bertz CT molecular complexity index is 1910. The second kappa shape index (κ2) is 13.9. The summed E-state index contributed by atoms with van der Waals surface area (Å²) in [5, 5.41) is 10.8. The van der Waals surface area contributed by atoms with E-state index < -0.39 is 0 Å². The highest BCUT2D eigenvalue weighted by Crippen LogP contribution is 2.38. The first-order valence-electron chi connectivity index (χ1n) is 16.7. The summed E-state index contributed by atoms with van der Waals surface area (Å²) in [6, 6.07) is 22.8. The van der Waals surface area contributed by atoms with Crippen molar-refractivity contribution in [2.75, 3.05) is 30.3 Å². The highest BCUT2D eigenvalue weighted by atomic mass is 19.1. The molecule has 3 heterocycles. The highest BCUT2D eigenvalue weighted by Gasteiger charge is 2.29. The number of carbonyl (C=O) groups excluding carboxylic acids is 2. The van der Waals surface area contributed by atoms with Gasteiger partial charge in [-0.25, -0.2) is 8.91 Å². The van der Waals surface area contributed by atoms with Gasteiger partial charge in [0.2, 0.25) is 11.9 Å². The summed E-state index contributed by atoms with van der Waals surface area (Å²) in [5.74, 6) is 2.21. The molecular weight excluding hydrogens is 607 g/mol. The van der Waals surface area contributed by atoms with Crippen LogP contribution in [0.4, 0.5) is 21.7 Å². The zero-order valence-electron chi connectivity index (χ0n) is 27.0. The molecule has 9 nitrogen and oxygen atoms in total. The van der Waals surface area contributed by atoms with Crippen LogP contribution in [0.1, 0.15) is 54.9 Å². The number of hydrogen-bond acceptors (Lipinski definition) is 6. The number of carbonyl (C=O) groups is 2. The minimum atomic E-state index is -0.328. The Morgan fingerprint density at radius 3 is 2.35 bits per heavy atom. The fraction of sp³-hybridized carbons (Fsp3) is 0.316. The number of halogens is 1. The maximum absolute atomic E-state index is 13.4. The number of hydrogen-bond donors (Lipinski definition) is 2. The van der Waals surface area contributed by atoms with Gasteiger partial charge < -0.3 is 20.3 Å². The minimum absolute atomic E-state index is 0.0474. The molecule has 246 valence electrons. The van der Waals surface area contributed by atoms with Gasteiger partial charge >= 0.3 is 0 Å². The third-order valence-corrected chi connectivity index (χ3v) is 9.15. The first-order chi connectivity index (χ1) is 23.4. The number of anilines is 3. The lowest BCUT2D eigenvalue weighted by atomic mass is 9.91. The molecule has 2 amide bonds. The van der Waals surface area contributed by atoms with Crippen molar-refractivity contribution in [1.29, 1.82) is 0 Å². The number of benzene rings is 3. The van der Waals surface area contributed by atoms with E-state index in [1.54, 1.807) is 16.6 Å². The Kier molecular flexibility index (Phi) is 9.05. The van der Waals surface area contributed by atoms with Gasteiger partial charge in [0.15, 0.2) is 5.65 Å². The van der Waals surface area contributed by atoms with E-state index >= 15 is 0 Å². The van der Waals surface area contributed by atoms with E-state index in [1.807, 2.05) is 72.6 Å². The van der Waals surface area contributed by atoms with Crippen LogP contribution in [0, 0.1) is 17.7 Å². The number of likely N-dealkylation sites (tertiary alicyclic amines) is 1. The molecule has 0 radical (unpaired) electrons. The SMILES string of the molecule is CCOc1cc(C(=O)N2CCC(CC3CC3)CC2)ccc1Nc1nc2ccc(-c3ccc(NC(=O)Cc4ccc(F)cc4)cc3)cn2n1. The van der Waals surface area contributed by atoms with Crippen molar-refractivity contribution < 1.29 is 18.7 Å². The lowest BCUT2D eigenvalue weighted by Crippen LogP contribution is -2.38. The second-order valence-electron chi connectivity index (χ2n) is 12.8. The van der Waals surface area contributed by atoms with Crippen LogP contribution >= 0.6 is 0 Å². The Labute approximate surface area is 279 Å². The molecule has 2 fully saturated rings. The molecule has 1 saturated carbocycles. The van der Waals surface area contributed by atoms with E-state index in [9.17, 15) is 14.0 Å². The van der Waals surface area contributed by atoms with Crippen LogP contribution in [0.5, 0.6) is 5.75 Å². The number of aromatic nitrogens is 3. The molecule has 5 aromatic rings. The number of piperidine rings is 1. The van der Waals surface area contributed by atoms with Crippen LogP contribution in [0.2, 0.25) is 0 Å². The number of fused-ring (bicyclic) bond motifs is 1. The van der Waals surface area contributed by atoms with Crippen molar-refractivity contribution >= 4 is 34.8 Å². The number of rotatable bonds is 11. The van der Waals surface area contributed by atoms with E-state index in [1.165, 1.54) is 31.4 Å². The highest BCUT2D eigenvalue weighted by molar-refractivity contribution is 5.95. The first-order valence-corrected chi connectivity index (χ1v) is 16.7. The Hall–Kier alpha value is -5.25. The molecule has 7 rings (SSSR count). The fourth-order valence-electron chi connectivity index (χ4n) is 6.38. The van der Waals surface area contributed by atoms with Crippen LogP contribution in [-0.4, -0.2) is 51.0 Å². The van der Waals surface area contributed by atoms with Gasteiger partial charge in [0.1, 0.15) is 11.6 Å². The van der Waals surface area contributed by atoms with Gasteiger partial charge in [-0.15, -0.1) is 5.10 Å². The van der Waals surface area contributed by atoms with Crippen molar-refractivity contribution in [2.24, 2.45) is 11.8 Å². The standard InChI is InChI=1S/C38H39FN6O3/c1-2-48-34-23-29(37(47)44-19-17-27(18-20-44)21-25-3-4-25)9-15-33(34)41-38-42-35-16-10-30(24-45(35)43-38)28-7-13-32(14-8-28)40-36(46)22-26-5-11-31(39)12-6-26/h5-16,23-25,27H,2-4,17-22H2,1H3,(H,40,46)(H,41,43). The van der Waals surface area contributed by atoms with Crippen LogP contribution in [0.15, 0.2) is 85.1 Å². The Morgan fingerprint density at radius 2 is 1.62 bits per heavy atom. The van der Waals surface area contributed by atoms with Crippen molar-refractivity contribution in [2.45, 2.75) is 45.4 Å². The molecule has 0 atom stereocenters. The van der Waals surface area contributed by atoms with Gasteiger partial charge in [0, 0.05) is 36.1 Å². The summed E-state index contributed by atoms with van der Waals surface area (Å²) in [4.78, 5) is 32.4. The zero-order valence-corrected chi connectivity index (χ0v) is 27.0. The number of nitrogens with one attached hydrogen (secondary N) is 2. The van der Waals surface area contributed by atoms with Crippen molar-refractivity contribution in [3.8, 4) is 16.9 Å². The predicted octanol–water partition coefficient (Wildman–Crippen LogP) is 7.51. The molecule has 48 heavy (non-hydrogen) atoms. The average molecular weight is 647 g/mol. The van der Waals surface area contributed by atoms with Crippen LogP contribution < -0.4 is 15.4 Å². The fourth-order valence-corrected chi connectivity index (χ4v) is 6.38. The van der Waals surface area contributed by atoms with Crippen LogP contribution in [0.25, 0.3) is 16.8 Å². The summed E-state index contributed by atoms with van der Waals surface area (Å²) < 4.78 is 20.8. The molecule has 3 aromatic carbocycles. The summed E-state index contributed by atoms with van der Waals surface area (Å²) in [5.41, 5.74) is 5.26. The summed E-state index contributed by atoms with van der Waals surface area (Å²) in [7, 11) is 0. The second-order valence-corrected chi connectivity index (χ2v) is 12.8. The summed E-state index contributed by atoms with van der Waals surface area (Å²) in [6.07, 6.45) is 8.32. The quantitative estimate of drug-likeness (QED) is 0.154. The first kappa shape index (κ1) is 31.4. The number of pyridine rings is 1. The minimum Gasteiger partial charge on any atom is -0.492 e. The van der Waals surface area contributed by atoms with Gasteiger partial charge in [-0.1, -0.05) is 37.1 Å². The molecule has 2 N–H and O–H groups in total. The van der Waals surface area contributed by atoms with Gasteiger partial charge in [-0.05, 0) is 104 Å². The smallest absolute Gasteiger partial charge is 0.253 e. The van der Waals surface area contributed by atoms with Crippen molar-refractivity contribution in [3.05, 3.63) is 102 Å². The molecule has 1 saturated heterocycles. The topological polar surface area (TPSA) is 101 Å². The van der Waals surface area contributed by atoms with E-state index in [0.717, 1.165) is 54.5 Å². The Morgan fingerprint density at radius 1 is 0.896 bits per heavy atom. The van der Waals surface area contributed by atoms with Crippen LogP contribution in [0.3, 0.4) is 0 Å². The molecular formula is C38H39FN6O3. The van der Waals surface area contributed by atoms with Gasteiger partial charge in [-0.2, -0.15) is 4.98 Å². The normalized spacial score (nSPS) is 15.0. The van der Waals surface area contributed by atoms with Gasteiger partial charge in [0.05, 0.1) is 18.7 Å². The van der Waals surface area contributed by atoms with Crippen LogP contribution in [-0.2, 0) is 11.2 Å². The third-order valence-electron chi connectivity index (χ3n) is 9.15. The van der Waals surface area contributed by atoms with E-state index in [4.69, 9.17) is 4.74 Å². The lowest BCUT2D eigenvalue weighted by Gasteiger charge is -2.32. The summed E-state index contributed by atoms with van der Waals surface area (Å²) >= 11 is 0. The van der Waals surface area contributed by atoms with E-state index in [0.29, 0.717) is 40.9 Å². The maximum atomic E-state index is 13.4. The molecule has 2 aromatic heterocycles. The molecule has 2 aliphatic rings. The molecule has 0 unspecified atom stereocenters. The van der Waals surface area contributed by atoms with Crippen molar-refractivity contribution in [3.63, 3.8) is 0 Å². The molecule has 10 heteroatoms. The van der Waals surface area contributed by atoms with Gasteiger partial charge in [-0.3, -0.25) is 9.59 Å². The maximum Gasteiger partial charge on any atom is 0.253 e. The van der Waals surface area contributed by atoms with E-state index in [2.05, 4.69) is 20.7 Å². The number of nitrogens with zero attached hydrogens (tertiary/aromatic N) is 4. The molecule has 1 aliphatic carbocycles. The average Bonchev–Trinajstić information content (AvgIpc) is 3.82. The monoisotopic (exact) mass is 646 g/mol.